The second-order valence-electron chi connectivity index (χ2n) is 4.59. The molecule has 7 heteroatoms. The van der Waals surface area contributed by atoms with Crippen molar-refractivity contribution in [2.45, 2.75) is 25.2 Å². The summed E-state index contributed by atoms with van der Waals surface area (Å²) in [6.45, 7) is 1.74. The highest BCUT2D eigenvalue weighted by Gasteiger charge is 2.64. The number of halogens is 1. The van der Waals surface area contributed by atoms with Crippen LogP contribution in [0.15, 0.2) is 10.1 Å². The number of fused-ring (bicyclic) bond motifs is 2. The molecule has 0 aliphatic heterocycles. The van der Waals surface area contributed by atoms with Crippen molar-refractivity contribution in [1.29, 1.82) is 0 Å². The Morgan fingerprint density at radius 1 is 1.44 bits per heavy atom. The molecular weight excluding hydrogens is 306 g/mol. The van der Waals surface area contributed by atoms with E-state index < -0.39 is 23.7 Å². The maximum Gasteiger partial charge on any atom is 0.237 e. The first kappa shape index (κ1) is 13.6. The van der Waals surface area contributed by atoms with E-state index in [0.29, 0.717) is 5.57 Å². The van der Waals surface area contributed by atoms with Gasteiger partial charge in [-0.3, -0.25) is 14.9 Å². The third-order valence-corrected chi connectivity index (χ3v) is 5.15. The van der Waals surface area contributed by atoms with Crippen LogP contribution in [0.25, 0.3) is 0 Å². The zero-order valence-electron chi connectivity index (χ0n) is 10.3. The second kappa shape index (κ2) is 4.40. The zero-order chi connectivity index (χ0) is 13.7. The predicted molar refractivity (Wildman–Crippen MR) is 65.8 cm³/mol. The van der Waals surface area contributed by atoms with Gasteiger partial charge in [0.2, 0.25) is 17.6 Å². The first-order valence-corrected chi connectivity index (χ1v) is 6.34. The van der Waals surface area contributed by atoms with Crippen LogP contribution in [0.3, 0.4) is 0 Å². The molecule has 0 heterocycles. The van der Waals surface area contributed by atoms with Gasteiger partial charge in [-0.25, -0.2) is 0 Å². The van der Waals surface area contributed by atoms with E-state index in [2.05, 4.69) is 15.9 Å². The Kier molecular flexibility index (Phi) is 3.33. The molecule has 1 saturated carbocycles. The number of ether oxygens (including phenoxy) is 2. The molecule has 3 rings (SSSR count). The molecule has 0 aromatic heterocycles. The minimum atomic E-state index is -1.39. The highest BCUT2D eigenvalue weighted by molar-refractivity contribution is 9.11. The Morgan fingerprint density at radius 2 is 2.00 bits per heavy atom. The van der Waals surface area contributed by atoms with Gasteiger partial charge in [0.25, 0.3) is 0 Å². The van der Waals surface area contributed by atoms with Crippen molar-refractivity contribution >= 4 is 21.7 Å². The fourth-order valence-electron chi connectivity index (χ4n) is 3.05. The minimum absolute atomic E-state index is 0.239. The Balaban J connectivity index is 2.56. The van der Waals surface area contributed by atoms with Gasteiger partial charge < -0.3 is 9.47 Å². The van der Waals surface area contributed by atoms with Crippen molar-refractivity contribution in [2.24, 2.45) is 11.8 Å². The van der Waals surface area contributed by atoms with Crippen molar-refractivity contribution in [3.63, 3.8) is 0 Å². The van der Waals surface area contributed by atoms with E-state index in [1.54, 1.807) is 6.92 Å². The normalized spacial score (nSPS) is 34.0. The predicted octanol–water partition coefficient (Wildman–Crippen LogP) is 1.51. The molecule has 1 fully saturated rings. The Labute approximate surface area is 113 Å². The van der Waals surface area contributed by atoms with Crippen LogP contribution >= 0.6 is 15.9 Å². The summed E-state index contributed by atoms with van der Waals surface area (Å²) in [5, 5.41) is 11.1. The van der Waals surface area contributed by atoms with Crippen LogP contribution in [0, 0.1) is 22.0 Å². The summed E-state index contributed by atoms with van der Waals surface area (Å²) < 4.78 is 11.3. The smallest absolute Gasteiger partial charge is 0.237 e. The third kappa shape index (κ3) is 1.50. The summed E-state index contributed by atoms with van der Waals surface area (Å²) in [5.41, 5.74) is 0.711. The number of nitro groups is 1. The van der Waals surface area contributed by atoms with Gasteiger partial charge in [-0.15, -0.1) is 0 Å². The summed E-state index contributed by atoms with van der Waals surface area (Å²) in [4.78, 5) is 23.1. The Morgan fingerprint density at radius 3 is 2.44 bits per heavy atom. The summed E-state index contributed by atoms with van der Waals surface area (Å²) in [5.74, 6) is -2.99. The van der Waals surface area contributed by atoms with Gasteiger partial charge in [0, 0.05) is 30.0 Å². The van der Waals surface area contributed by atoms with E-state index >= 15 is 0 Å². The zero-order valence-corrected chi connectivity index (χ0v) is 11.9. The van der Waals surface area contributed by atoms with E-state index in [9.17, 15) is 14.9 Å². The lowest BCUT2D eigenvalue weighted by molar-refractivity contribution is -0.535. The first-order valence-electron chi connectivity index (χ1n) is 5.55. The lowest BCUT2D eigenvalue weighted by Gasteiger charge is -2.48. The number of Topliss-reactive ketones (excluding diaryl/α,β-unsaturated/α-hetero) is 1. The number of hydrogen-bond donors (Lipinski definition) is 0. The molecule has 2 bridgehead atoms. The van der Waals surface area contributed by atoms with E-state index in [1.165, 1.54) is 14.2 Å². The van der Waals surface area contributed by atoms with Crippen LogP contribution < -0.4 is 0 Å². The first-order chi connectivity index (χ1) is 8.40. The van der Waals surface area contributed by atoms with E-state index in [0.717, 1.165) is 4.48 Å². The molecule has 0 N–H and O–H groups in total. The van der Waals surface area contributed by atoms with Crippen LogP contribution in [0.2, 0.25) is 0 Å². The SMILES string of the molecule is COC1(OC)C(=O)[C@@H]2C(C)=C(Br)[C@H]1C[C@H]2[N+](=O)[O-]. The number of hydrogen-bond acceptors (Lipinski definition) is 5. The van der Waals surface area contributed by atoms with Crippen molar-refractivity contribution in [1.82, 2.24) is 0 Å². The Hall–Kier alpha value is -0.790. The van der Waals surface area contributed by atoms with E-state index in [-0.39, 0.29) is 17.1 Å². The lowest BCUT2D eigenvalue weighted by atomic mass is 9.64. The number of rotatable bonds is 3. The molecule has 0 aromatic rings. The van der Waals surface area contributed by atoms with Crippen LogP contribution in [0.5, 0.6) is 0 Å². The van der Waals surface area contributed by atoms with Crippen LogP contribution in [0.1, 0.15) is 13.3 Å². The molecule has 3 aliphatic rings. The fourth-order valence-corrected chi connectivity index (χ4v) is 3.79. The molecule has 0 amide bonds. The summed E-state index contributed by atoms with van der Waals surface area (Å²) >= 11 is 3.42. The molecule has 0 unspecified atom stereocenters. The number of carbonyl (C=O) groups is 1. The molecule has 0 saturated heterocycles. The highest BCUT2D eigenvalue weighted by atomic mass is 79.9. The third-order valence-electron chi connectivity index (χ3n) is 3.97. The molecule has 3 atom stereocenters. The Bertz CT molecular complexity index is 443. The number of carbonyl (C=O) groups excluding carboxylic acids is 1. The summed E-state index contributed by atoms with van der Waals surface area (Å²) in [6, 6.07) is -0.887. The molecule has 6 nitrogen and oxygen atoms in total. The van der Waals surface area contributed by atoms with Gasteiger partial charge in [-0.05, 0) is 12.5 Å². The monoisotopic (exact) mass is 319 g/mol. The number of nitrogens with zero attached hydrogens (tertiary/aromatic N) is 1. The van der Waals surface area contributed by atoms with Crippen molar-refractivity contribution in [2.75, 3.05) is 14.2 Å². The van der Waals surface area contributed by atoms with Gasteiger partial charge in [0.05, 0.1) is 5.92 Å². The molecule has 3 aliphatic carbocycles. The summed E-state index contributed by atoms with van der Waals surface area (Å²) in [7, 11) is 2.78. The van der Waals surface area contributed by atoms with Gasteiger partial charge in [0.15, 0.2) is 0 Å². The van der Waals surface area contributed by atoms with Crippen LogP contribution in [-0.4, -0.2) is 36.8 Å². The average Bonchev–Trinajstić information content (AvgIpc) is 2.35. The van der Waals surface area contributed by atoms with Crippen LogP contribution in [0.4, 0.5) is 0 Å². The quantitative estimate of drug-likeness (QED) is 0.447. The van der Waals surface area contributed by atoms with Gasteiger partial charge in [-0.1, -0.05) is 15.9 Å². The maximum atomic E-state index is 12.4. The van der Waals surface area contributed by atoms with Gasteiger partial charge >= 0.3 is 0 Å². The molecule has 100 valence electrons. The molecule has 0 spiro atoms. The molecule has 0 radical (unpaired) electrons. The van der Waals surface area contributed by atoms with E-state index in [4.69, 9.17) is 9.47 Å². The topological polar surface area (TPSA) is 78.7 Å². The van der Waals surface area contributed by atoms with Crippen molar-refractivity contribution in [3.05, 3.63) is 20.2 Å². The lowest BCUT2D eigenvalue weighted by Crippen LogP contribution is -2.63. The number of methoxy groups -OCH3 is 2. The molecular formula is C11H14BrNO5. The van der Waals surface area contributed by atoms with Crippen LogP contribution in [-0.2, 0) is 14.3 Å². The summed E-state index contributed by atoms with van der Waals surface area (Å²) in [6.07, 6.45) is 0.239. The van der Waals surface area contributed by atoms with E-state index in [1.807, 2.05) is 0 Å². The molecule has 18 heavy (non-hydrogen) atoms. The van der Waals surface area contributed by atoms with Gasteiger partial charge in [0.1, 0.15) is 5.92 Å². The molecule has 0 aromatic carbocycles. The number of ketones is 1. The fraction of sp³-hybridized carbons (Fsp3) is 0.727. The van der Waals surface area contributed by atoms with Crippen molar-refractivity contribution in [3.8, 4) is 0 Å². The average molecular weight is 320 g/mol. The largest absolute Gasteiger partial charge is 0.346 e. The van der Waals surface area contributed by atoms with Gasteiger partial charge in [-0.2, -0.15) is 0 Å². The minimum Gasteiger partial charge on any atom is -0.346 e. The maximum absolute atomic E-state index is 12.4. The highest BCUT2D eigenvalue weighted by Crippen LogP contribution is 2.52. The van der Waals surface area contributed by atoms with Crippen molar-refractivity contribution < 1.29 is 19.2 Å². The second-order valence-corrected chi connectivity index (χ2v) is 5.44. The standard InChI is InChI=1S/C11H14BrNO5/c1-5-8-7(13(15)16)4-6(9(5)12)11(17-2,18-3)10(8)14/h6-8H,4H2,1-3H3/t6-,7-,8-/m1/s1.